The molecule has 1 saturated heterocycles. The molecule has 0 bridgehead atoms. The summed E-state index contributed by atoms with van der Waals surface area (Å²) in [7, 11) is 0. The van der Waals surface area contributed by atoms with Crippen LogP contribution in [0.15, 0.2) is 42.7 Å². The maximum atomic E-state index is 13.9. The van der Waals surface area contributed by atoms with Crippen molar-refractivity contribution in [3.05, 3.63) is 48.3 Å². The van der Waals surface area contributed by atoms with Gasteiger partial charge in [-0.2, -0.15) is 0 Å². The number of fused-ring (bicyclic) bond motifs is 1. The molecule has 0 radical (unpaired) electrons. The zero-order valence-corrected chi connectivity index (χ0v) is 17.4. The first kappa shape index (κ1) is 20.3. The molecular formula is C22H26FN5O2. The third kappa shape index (κ3) is 4.00. The lowest BCUT2D eigenvalue weighted by Crippen LogP contribution is -2.59. The number of ether oxygens (including phenoxy) is 1. The summed E-state index contributed by atoms with van der Waals surface area (Å²) in [6.45, 7) is 6.62. The number of alkyl halides is 1. The number of hydrogen-bond donors (Lipinski definition) is 2. The van der Waals surface area contributed by atoms with Gasteiger partial charge in [0.2, 0.25) is 0 Å². The quantitative estimate of drug-likeness (QED) is 0.622. The van der Waals surface area contributed by atoms with Crippen LogP contribution >= 0.6 is 0 Å². The van der Waals surface area contributed by atoms with Crippen molar-refractivity contribution in [3.63, 3.8) is 0 Å². The Kier molecular flexibility index (Phi) is 5.42. The zero-order valence-electron chi connectivity index (χ0n) is 17.4. The molecule has 0 unspecified atom stereocenters. The number of nitrogens with zero attached hydrogens (tertiary/aromatic N) is 3. The van der Waals surface area contributed by atoms with Gasteiger partial charge in [-0.25, -0.2) is 14.4 Å². The third-order valence-corrected chi connectivity index (χ3v) is 5.35. The average Bonchev–Trinajstić information content (AvgIpc) is 3.15. The van der Waals surface area contributed by atoms with Crippen LogP contribution in [-0.2, 0) is 4.74 Å². The van der Waals surface area contributed by atoms with Gasteiger partial charge in [-0.15, -0.1) is 0 Å². The summed E-state index contributed by atoms with van der Waals surface area (Å²) in [6.07, 6.45) is 3.04. The second-order valence-electron chi connectivity index (χ2n) is 8.06. The molecule has 1 aliphatic rings. The van der Waals surface area contributed by atoms with E-state index in [4.69, 9.17) is 4.74 Å². The van der Waals surface area contributed by atoms with Gasteiger partial charge in [0, 0.05) is 11.8 Å². The monoisotopic (exact) mass is 411 g/mol. The molecule has 1 aliphatic heterocycles. The van der Waals surface area contributed by atoms with E-state index in [9.17, 15) is 9.18 Å². The normalized spacial score (nSPS) is 17.2. The summed E-state index contributed by atoms with van der Waals surface area (Å²) in [6, 6.07) is 8.75. The lowest BCUT2D eigenvalue weighted by atomic mass is 10.00. The summed E-state index contributed by atoms with van der Waals surface area (Å²) in [5.41, 5.74) is 2.38. The number of anilines is 1. The van der Waals surface area contributed by atoms with Gasteiger partial charge in [0.05, 0.1) is 42.4 Å². The van der Waals surface area contributed by atoms with Crippen LogP contribution in [0.25, 0.3) is 17.0 Å². The first-order chi connectivity index (χ1) is 14.4. The maximum Gasteiger partial charge on any atom is 0.252 e. The molecule has 2 atom stereocenters. The van der Waals surface area contributed by atoms with Crippen molar-refractivity contribution in [2.45, 2.75) is 44.9 Å². The summed E-state index contributed by atoms with van der Waals surface area (Å²) >= 11 is 0. The van der Waals surface area contributed by atoms with E-state index in [1.54, 1.807) is 25.3 Å². The number of imidazole rings is 1. The molecule has 158 valence electrons. The molecule has 7 nitrogen and oxygen atoms in total. The Hall–Kier alpha value is -3.00. The molecule has 3 aromatic rings. The minimum Gasteiger partial charge on any atom is -0.376 e. The predicted molar refractivity (Wildman–Crippen MR) is 113 cm³/mol. The largest absolute Gasteiger partial charge is 0.376 e. The molecule has 0 spiro atoms. The molecule has 0 saturated carbocycles. The third-order valence-electron chi connectivity index (χ3n) is 5.35. The van der Waals surface area contributed by atoms with Crippen molar-refractivity contribution in [3.8, 4) is 11.4 Å². The van der Waals surface area contributed by atoms with Crippen LogP contribution in [0.2, 0.25) is 0 Å². The van der Waals surface area contributed by atoms with Crippen molar-refractivity contribution >= 4 is 17.4 Å². The Morgan fingerprint density at radius 3 is 2.87 bits per heavy atom. The van der Waals surface area contributed by atoms with Gasteiger partial charge in [-0.3, -0.25) is 9.20 Å². The standard InChI is InChI=1S/C22H26FN5O2/c1-4-16(23)14(2)25-19-7-5-6-17(26-19)18-11-24-20-10-15(8-9-28(18)20)21(29)27-22(3)12-30-13-22/h5-11,14,16H,4,12-13H2,1-3H3,(H,25,26)(H,27,29)/t14-,16-/m0/s1. The minimum atomic E-state index is -0.940. The number of carbonyl (C=O) groups excluding carboxylic acids is 1. The fraction of sp³-hybridized carbons (Fsp3) is 0.409. The van der Waals surface area contributed by atoms with E-state index >= 15 is 0 Å². The van der Waals surface area contributed by atoms with Crippen molar-refractivity contribution in [1.29, 1.82) is 0 Å². The number of halogens is 1. The van der Waals surface area contributed by atoms with Gasteiger partial charge in [0.25, 0.3) is 5.91 Å². The van der Waals surface area contributed by atoms with Crippen LogP contribution in [0.4, 0.5) is 10.2 Å². The topological polar surface area (TPSA) is 80.5 Å². The van der Waals surface area contributed by atoms with Crippen molar-refractivity contribution in [2.24, 2.45) is 0 Å². The van der Waals surface area contributed by atoms with Crippen molar-refractivity contribution in [2.75, 3.05) is 18.5 Å². The fourth-order valence-corrected chi connectivity index (χ4v) is 3.47. The molecule has 0 aliphatic carbocycles. The van der Waals surface area contributed by atoms with E-state index < -0.39 is 6.17 Å². The lowest BCUT2D eigenvalue weighted by molar-refractivity contribution is -0.0593. The zero-order chi connectivity index (χ0) is 21.3. The molecule has 1 amide bonds. The highest BCUT2D eigenvalue weighted by molar-refractivity contribution is 5.95. The molecular weight excluding hydrogens is 385 g/mol. The van der Waals surface area contributed by atoms with Crippen LogP contribution in [0, 0.1) is 0 Å². The Labute approximate surface area is 174 Å². The molecule has 0 aromatic carbocycles. The molecule has 2 N–H and O–H groups in total. The number of hydrogen-bond acceptors (Lipinski definition) is 5. The number of amides is 1. The molecule has 3 aromatic heterocycles. The van der Waals surface area contributed by atoms with E-state index in [-0.39, 0.29) is 17.5 Å². The lowest BCUT2D eigenvalue weighted by Gasteiger charge is -2.38. The smallest absolute Gasteiger partial charge is 0.252 e. The van der Waals surface area contributed by atoms with Crippen molar-refractivity contribution in [1.82, 2.24) is 19.7 Å². The van der Waals surface area contributed by atoms with Gasteiger partial charge < -0.3 is 15.4 Å². The highest BCUT2D eigenvalue weighted by Crippen LogP contribution is 2.23. The molecule has 8 heteroatoms. The predicted octanol–water partition coefficient (Wildman–Crippen LogP) is 3.46. The maximum absolute atomic E-state index is 13.9. The second-order valence-corrected chi connectivity index (χ2v) is 8.06. The van der Waals surface area contributed by atoms with Crippen LogP contribution in [0.3, 0.4) is 0 Å². The van der Waals surface area contributed by atoms with Crippen LogP contribution in [-0.4, -0.2) is 51.2 Å². The van der Waals surface area contributed by atoms with Crippen LogP contribution in [0.1, 0.15) is 37.6 Å². The Bertz CT molecular complexity index is 1060. The number of rotatable bonds is 7. The molecule has 4 heterocycles. The molecule has 4 rings (SSSR count). The first-order valence-electron chi connectivity index (χ1n) is 10.1. The van der Waals surface area contributed by atoms with E-state index in [2.05, 4.69) is 20.6 Å². The van der Waals surface area contributed by atoms with Gasteiger partial charge in [0.1, 0.15) is 17.6 Å². The Morgan fingerprint density at radius 2 is 2.17 bits per heavy atom. The highest BCUT2D eigenvalue weighted by Gasteiger charge is 2.35. The SMILES string of the molecule is CC[C@H](F)[C@H](C)Nc1cccc(-c2cnc3cc(C(=O)NC4(C)COC4)ccn23)n1. The van der Waals surface area contributed by atoms with Gasteiger partial charge >= 0.3 is 0 Å². The number of aromatic nitrogens is 3. The van der Waals surface area contributed by atoms with Crippen molar-refractivity contribution < 1.29 is 13.9 Å². The Balaban J connectivity index is 1.57. The van der Waals surface area contributed by atoms with Gasteiger partial charge in [0.15, 0.2) is 0 Å². The minimum absolute atomic E-state index is 0.150. The van der Waals surface area contributed by atoms with Crippen LogP contribution < -0.4 is 10.6 Å². The number of pyridine rings is 2. The van der Waals surface area contributed by atoms with Crippen LogP contribution in [0.5, 0.6) is 0 Å². The van der Waals surface area contributed by atoms with E-state index in [1.165, 1.54) is 0 Å². The first-order valence-corrected chi connectivity index (χ1v) is 10.1. The van der Waals surface area contributed by atoms with E-state index in [0.29, 0.717) is 42.4 Å². The second kappa shape index (κ2) is 8.02. The fourth-order valence-electron chi connectivity index (χ4n) is 3.47. The highest BCUT2D eigenvalue weighted by atomic mass is 19.1. The summed E-state index contributed by atoms with van der Waals surface area (Å²) in [5, 5.41) is 6.12. The summed E-state index contributed by atoms with van der Waals surface area (Å²) < 4.78 is 20.9. The Morgan fingerprint density at radius 1 is 1.37 bits per heavy atom. The van der Waals surface area contributed by atoms with E-state index in [1.807, 2.05) is 42.6 Å². The average molecular weight is 411 g/mol. The molecule has 30 heavy (non-hydrogen) atoms. The summed E-state index contributed by atoms with van der Waals surface area (Å²) in [4.78, 5) is 21.6. The number of carbonyl (C=O) groups is 1. The summed E-state index contributed by atoms with van der Waals surface area (Å²) in [5.74, 6) is 0.459. The number of nitrogens with one attached hydrogen (secondary N) is 2. The van der Waals surface area contributed by atoms with E-state index in [0.717, 1.165) is 5.69 Å². The van der Waals surface area contributed by atoms with Gasteiger partial charge in [-0.1, -0.05) is 13.0 Å². The van der Waals surface area contributed by atoms with Gasteiger partial charge in [-0.05, 0) is 44.5 Å². The molecule has 1 fully saturated rings.